The Kier molecular flexibility index (Phi) is 14.4. The maximum Gasteiger partial charge on any atom is 0.338 e. The topological polar surface area (TPSA) is 156 Å². The van der Waals surface area contributed by atoms with E-state index < -0.39 is 47.8 Å². The average molecular weight is 637 g/mol. The minimum atomic E-state index is -1.17. The number of esters is 4. The minimum absolute atomic E-state index is 0.0578. The van der Waals surface area contributed by atoms with E-state index in [1.165, 1.54) is 20.1 Å². The van der Waals surface area contributed by atoms with Gasteiger partial charge in [0.25, 0.3) is 5.91 Å². The molecule has 0 radical (unpaired) electrons. The first-order valence-corrected chi connectivity index (χ1v) is 14.6. The number of benzene rings is 2. The minimum Gasteiger partial charge on any atom is -0.493 e. The first-order valence-electron chi connectivity index (χ1n) is 14.6. The summed E-state index contributed by atoms with van der Waals surface area (Å²) >= 11 is 0. The SMILES string of the molecule is C=N/C(C(=O)N[C@@H](C)C(=O)O[C@@H](C)C(c1ccc(C(=O)OCC)cc1)c1ccc(C(=O)OCC)cc1)=C(OC(C)=O)\C(=C/C)OC. The summed E-state index contributed by atoms with van der Waals surface area (Å²) in [4.78, 5) is 66.2. The van der Waals surface area contributed by atoms with Crippen molar-refractivity contribution in [2.45, 2.75) is 59.6 Å². The van der Waals surface area contributed by atoms with E-state index in [2.05, 4.69) is 17.0 Å². The lowest BCUT2D eigenvalue weighted by Crippen LogP contribution is -2.42. The Hall–Kier alpha value is -5.26. The third kappa shape index (κ3) is 9.88. The molecule has 0 saturated carbocycles. The first kappa shape index (κ1) is 36.9. The van der Waals surface area contributed by atoms with E-state index in [9.17, 15) is 24.0 Å². The summed E-state index contributed by atoms with van der Waals surface area (Å²) in [5, 5.41) is 2.49. The fourth-order valence-electron chi connectivity index (χ4n) is 4.44. The Balaban J connectivity index is 2.39. The number of allylic oxidation sites excluding steroid dienone is 1. The maximum atomic E-state index is 13.2. The van der Waals surface area contributed by atoms with Crippen molar-refractivity contribution in [1.29, 1.82) is 0 Å². The number of rotatable bonds is 15. The molecule has 46 heavy (non-hydrogen) atoms. The van der Waals surface area contributed by atoms with Gasteiger partial charge in [0.1, 0.15) is 12.1 Å². The lowest BCUT2D eigenvalue weighted by Gasteiger charge is -2.27. The highest BCUT2D eigenvalue weighted by atomic mass is 16.6. The molecule has 0 unspecified atom stereocenters. The Bertz CT molecular complexity index is 1410. The van der Waals surface area contributed by atoms with Crippen LogP contribution < -0.4 is 5.32 Å². The molecule has 0 bridgehead atoms. The van der Waals surface area contributed by atoms with Gasteiger partial charge in [-0.3, -0.25) is 14.6 Å². The van der Waals surface area contributed by atoms with Crippen molar-refractivity contribution < 1.29 is 47.7 Å². The molecule has 0 aliphatic rings. The number of ether oxygens (including phenoxy) is 5. The standard InChI is InChI=1S/C34H40N2O10/c1-9-27(42-8)30(46-22(6)37)29(35-7)31(38)36-20(4)32(39)45-21(5)28(23-12-16-25(17-13-23)33(40)43-10-2)24-14-18-26(19-15-24)34(41)44-11-3/h9,12-21,28H,7,10-11H2,1-6,8H3,(H,36,38)/b27-9+,30-29+/t20-,21-/m0/s1. The number of aliphatic imine (C=N–C) groups is 1. The van der Waals surface area contributed by atoms with E-state index in [0.717, 1.165) is 6.92 Å². The van der Waals surface area contributed by atoms with Crippen LogP contribution in [-0.4, -0.2) is 69.0 Å². The number of amides is 1. The van der Waals surface area contributed by atoms with Crippen molar-refractivity contribution in [2.75, 3.05) is 20.3 Å². The zero-order chi connectivity index (χ0) is 34.4. The molecule has 2 rings (SSSR count). The normalized spacial score (nSPS) is 13.0. The fourth-order valence-corrected chi connectivity index (χ4v) is 4.44. The Morgan fingerprint density at radius 1 is 0.870 bits per heavy atom. The monoisotopic (exact) mass is 636 g/mol. The van der Waals surface area contributed by atoms with Gasteiger partial charge in [0.2, 0.25) is 5.76 Å². The van der Waals surface area contributed by atoms with Crippen molar-refractivity contribution in [2.24, 2.45) is 4.99 Å². The molecule has 2 atom stereocenters. The molecule has 2 aromatic rings. The molecule has 1 amide bonds. The van der Waals surface area contributed by atoms with Gasteiger partial charge in [-0.2, -0.15) is 0 Å². The quantitative estimate of drug-likeness (QED) is 0.0730. The van der Waals surface area contributed by atoms with Crippen molar-refractivity contribution in [3.63, 3.8) is 0 Å². The third-order valence-electron chi connectivity index (χ3n) is 6.57. The molecular weight excluding hydrogens is 596 g/mol. The molecule has 0 spiro atoms. The van der Waals surface area contributed by atoms with Gasteiger partial charge in [-0.1, -0.05) is 24.3 Å². The van der Waals surface area contributed by atoms with E-state index in [1.54, 1.807) is 76.2 Å². The van der Waals surface area contributed by atoms with Gasteiger partial charge >= 0.3 is 23.9 Å². The second-order valence-electron chi connectivity index (χ2n) is 9.79. The van der Waals surface area contributed by atoms with Crippen LogP contribution in [0.4, 0.5) is 0 Å². The van der Waals surface area contributed by atoms with E-state index in [4.69, 9.17) is 23.7 Å². The van der Waals surface area contributed by atoms with Crippen molar-refractivity contribution in [3.05, 3.63) is 94.1 Å². The summed E-state index contributed by atoms with van der Waals surface area (Å²) in [6, 6.07) is 12.2. The Labute approximate surface area is 268 Å². The van der Waals surface area contributed by atoms with Crippen molar-refractivity contribution in [1.82, 2.24) is 5.32 Å². The summed E-state index contributed by atoms with van der Waals surface area (Å²) < 4.78 is 26.3. The van der Waals surface area contributed by atoms with Gasteiger partial charge in [0.15, 0.2) is 11.5 Å². The molecular formula is C34H40N2O10. The van der Waals surface area contributed by atoms with Crippen LogP contribution in [0, 0.1) is 0 Å². The molecule has 0 aliphatic carbocycles. The molecule has 1 N–H and O–H groups in total. The molecule has 0 heterocycles. The van der Waals surface area contributed by atoms with Crippen LogP contribution in [0.1, 0.15) is 79.3 Å². The zero-order valence-corrected chi connectivity index (χ0v) is 27.1. The molecule has 0 aliphatic heterocycles. The number of nitrogens with one attached hydrogen (secondary N) is 1. The van der Waals surface area contributed by atoms with E-state index >= 15 is 0 Å². The number of carbonyl (C=O) groups is 5. The summed E-state index contributed by atoms with van der Waals surface area (Å²) in [5.74, 6) is -4.05. The number of methoxy groups -OCH3 is 1. The third-order valence-corrected chi connectivity index (χ3v) is 6.57. The Morgan fingerprint density at radius 3 is 1.72 bits per heavy atom. The zero-order valence-electron chi connectivity index (χ0n) is 27.1. The molecule has 246 valence electrons. The number of carbonyl (C=O) groups excluding carboxylic acids is 5. The maximum absolute atomic E-state index is 13.2. The van der Waals surface area contributed by atoms with Gasteiger partial charge < -0.3 is 29.0 Å². The Morgan fingerprint density at radius 2 is 1.35 bits per heavy atom. The second kappa shape index (κ2) is 17.9. The van der Waals surface area contributed by atoms with E-state index in [0.29, 0.717) is 22.3 Å². The molecule has 2 aromatic carbocycles. The molecule has 0 saturated heterocycles. The molecule has 12 heteroatoms. The fraction of sp³-hybridized carbons (Fsp3) is 0.353. The van der Waals surface area contributed by atoms with Crippen molar-refractivity contribution in [3.8, 4) is 0 Å². The number of hydrogen-bond donors (Lipinski definition) is 1. The van der Waals surface area contributed by atoms with Crippen LogP contribution in [0.25, 0.3) is 0 Å². The van der Waals surface area contributed by atoms with Crippen LogP contribution in [0.15, 0.2) is 76.8 Å². The molecule has 12 nitrogen and oxygen atoms in total. The summed E-state index contributed by atoms with van der Waals surface area (Å²) in [6.07, 6.45) is 0.676. The lowest BCUT2D eigenvalue weighted by atomic mass is 9.86. The van der Waals surface area contributed by atoms with Gasteiger partial charge in [-0.25, -0.2) is 14.4 Å². The average Bonchev–Trinajstić information content (AvgIpc) is 3.02. The van der Waals surface area contributed by atoms with Crippen LogP contribution in [0.3, 0.4) is 0 Å². The van der Waals surface area contributed by atoms with E-state index in [1.807, 2.05) is 0 Å². The highest BCUT2D eigenvalue weighted by Crippen LogP contribution is 2.31. The van der Waals surface area contributed by atoms with Gasteiger partial charge in [0, 0.05) is 12.8 Å². The molecule has 0 fully saturated rings. The summed E-state index contributed by atoms with van der Waals surface area (Å²) in [6.45, 7) is 13.1. The van der Waals surface area contributed by atoms with Crippen LogP contribution >= 0.6 is 0 Å². The largest absolute Gasteiger partial charge is 0.493 e. The summed E-state index contributed by atoms with van der Waals surface area (Å²) in [5.41, 5.74) is 1.74. The number of hydrogen-bond acceptors (Lipinski definition) is 11. The summed E-state index contributed by atoms with van der Waals surface area (Å²) in [7, 11) is 1.32. The predicted molar refractivity (Wildman–Crippen MR) is 169 cm³/mol. The first-order chi connectivity index (χ1) is 21.9. The van der Waals surface area contributed by atoms with Gasteiger partial charge in [-0.15, -0.1) is 0 Å². The van der Waals surface area contributed by atoms with Gasteiger partial charge in [0.05, 0.1) is 31.5 Å². The predicted octanol–water partition coefficient (Wildman–Crippen LogP) is 4.63. The lowest BCUT2D eigenvalue weighted by molar-refractivity contribution is -0.152. The highest BCUT2D eigenvalue weighted by molar-refractivity contribution is 5.97. The van der Waals surface area contributed by atoms with E-state index in [-0.39, 0.29) is 30.4 Å². The van der Waals surface area contributed by atoms with Crippen LogP contribution in [0.5, 0.6) is 0 Å². The smallest absolute Gasteiger partial charge is 0.338 e. The second-order valence-corrected chi connectivity index (χ2v) is 9.79. The number of nitrogens with zero attached hydrogens (tertiary/aromatic N) is 1. The molecule has 0 aromatic heterocycles. The van der Waals surface area contributed by atoms with Crippen LogP contribution in [-0.2, 0) is 38.1 Å². The van der Waals surface area contributed by atoms with Crippen LogP contribution in [0.2, 0.25) is 0 Å². The van der Waals surface area contributed by atoms with Gasteiger partial charge in [-0.05, 0) is 82.8 Å². The highest BCUT2D eigenvalue weighted by Gasteiger charge is 2.30. The van der Waals surface area contributed by atoms with Crippen molar-refractivity contribution >= 4 is 36.5 Å².